The van der Waals surface area contributed by atoms with Gasteiger partial charge in [-0.25, -0.2) is 9.98 Å². The molecule has 9 N–H and O–H groups in total. The summed E-state index contributed by atoms with van der Waals surface area (Å²) in [6.07, 6.45) is -0.180. The van der Waals surface area contributed by atoms with E-state index in [1.54, 1.807) is 11.0 Å². The second-order valence-electron chi connectivity index (χ2n) is 9.50. The van der Waals surface area contributed by atoms with Gasteiger partial charge < -0.3 is 42.6 Å². The van der Waals surface area contributed by atoms with Gasteiger partial charge in [-0.1, -0.05) is 26.0 Å². The Kier molecular flexibility index (Phi) is 4.54. The number of guanidine groups is 2. The average molecular weight is 443 g/mol. The summed E-state index contributed by atoms with van der Waals surface area (Å²) in [5, 5.41) is 17.4. The maximum Gasteiger partial charge on any atom is 0.255 e. The van der Waals surface area contributed by atoms with Crippen LogP contribution in [0.3, 0.4) is 0 Å². The molecule has 32 heavy (non-hydrogen) atoms. The Labute approximate surface area is 186 Å². The zero-order chi connectivity index (χ0) is 22.8. The SMILES string of the molecule is CC1(C)CCOc2c(C(=O)N[C@@H]3CN4C(N)=N[C@@H](CN)[C@@H]5N=C(N)N[C@@]54[C@@H]3O)cccc21. The summed E-state index contributed by atoms with van der Waals surface area (Å²) in [5.41, 5.74) is 18.3. The lowest BCUT2D eigenvalue weighted by Gasteiger charge is -2.46. The summed E-state index contributed by atoms with van der Waals surface area (Å²) in [4.78, 5) is 23.9. The van der Waals surface area contributed by atoms with Crippen molar-refractivity contribution in [3.63, 3.8) is 0 Å². The molecule has 0 aromatic heterocycles. The van der Waals surface area contributed by atoms with Crippen molar-refractivity contribution in [3.8, 4) is 5.75 Å². The number of rotatable bonds is 3. The summed E-state index contributed by atoms with van der Waals surface area (Å²) in [5.74, 6) is 0.682. The van der Waals surface area contributed by atoms with Gasteiger partial charge in [-0.2, -0.15) is 0 Å². The van der Waals surface area contributed by atoms with Crippen molar-refractivity contribution in [1.29, 1.82) is 0 Å². The van der Waals surface area contributed by atoms with E-state index in [0.29, 0.717) is 17.9 Å². The van der Waals surface area contributed by atoms with E-state index >= 15 is 0 Å². The lowest BCUT2D eigenvalue weighted by atomic mass is 9.79. The highest BCUT2D eigenvalue weighted by molar-refractivity contribution is 5.98. The zero-order valence-corrected chi connectivity index (χ0v) is 18.2. The van der Waals surface area contributed by atoms with E-state index in [1.807, 2.05) is 12.1 Å². The van der Waals surface area contributed by atoms with Crippen LogP contribution in [-0.2, 0) is 5.41 Å². The van der Waals surface area contributed by atoms with Gasteiger partial charge in [0.05, 0.1) is 24.3 Å². The molecule has 1 spiro atoms. The Morgan fingerprint density at radius 3 is 2.91 bits per heavy atom. The van der Waals surface area contributed by atoms with Crippen LogP contribution in [0.4, 0.5) is 0 Å². The molecular weight excluding hydrogens is 412 g/mol. The van der Waals surface area contributed by atoms with Gasteiger partial charge >= 0.3 is 0 Å². The van der Waals surface area contributed by atoms with Crippen molar-refractivity contribution in [2.45, 2.75) is 55.6 Å². The summed E-state index contributed by atoms with van der Waals surface area (Å²) in [6, 6.07) is 3.99. The molecule has 1 aromatic carbocycles. The van der Waals surface area contributed by atoms with Crippen molar-refractivity contribution in [1.82, 2.24) is 15.5 Å². The largest absolute Gasteiger partial charge is 0.492 e. The molecule has 5 rings (SSSR count). The number of nitrogens with zero attached hydrogens (tertiary/aromatic N) is 3. The van der Waals surface area contributed by atoms with Crippen LogP contribution in [0, 0.1) is 0 Å². The number of nitrogens with two attached hydrogens (primary N) is 3. The van der Waals surface area contributed by atoms with E-state index in [9.17, 15) is 9.90 Å². The number of hydrogen-bond acceptors (Lipinski definition) is 10. The van der Waals surface area contributed by atoms with Gasteiger partial charge in [-0.3, -0.25) is 4.79 Å². The van der Waals surface area contributed by atoms with Crippen molar-refractivity contribution >= 4 is 17.8 Å². The molecule has 4 aliphatic heterocycles. The summed E-state index contributed by atoms with van der Waals surface area (Å²) < 4.78 is 5.89. The van der Waals surface area contributed by atoms with Crippen LogP contribution < -0.4 is 32.6 Å². The second-order valence-corrected chi connectivity index (χ2v) is 9.50. The molecule has 0 saturated carbocycles. The van der Waals surface area contributed by atoms with Gasteiger partial charge in [0.2, 0.25) is 0 Å². The van der Waals surface area contributed by atoms with Crippen molar-refractivity contribution in [2.24, 2.45) is 27.2 Å². The Hall–Kier alpha value is -3.05. The fourth-order valence-electron chi connectivity index (χ4n) is 5.42. The minimum atomic E-state index is -1.10. The van der Waals surface area contributed by atoms with Gasteiger partial charge in [0.1, 0.15) is 17.9 Å². The normalized spacial score (nSPS) is 34.3. The second kappa shape index (κ2) is 6.97. The van der Waals surface area contributed by atoms with E-state index in [-0.39, 0.29) is 36.3 Å². The first-order chi connectivity index (χ1) is 15.2. The third-order valence-corrected chi connectivity index (χ3v) is 7.17. The first kappa shape index (κ1) is 20.8. The Bertz CT molecular complexity index is 1020. The number of carbonyl (C=O) groups excluding carboxylic acids is 1. The number of ether oxygens (including phenoxy) is 1. The molecule has 4 aliphatic rings. The number of aliphatic imine (C=N–C) groups is 2. The molecule has 1 amide bonds. The zero-order valence-electron chi connectivity index (χ0n) is 18.2. The number of para-hydroxylation sites is 1. The predicted molar refractivity (Wildman–Crippen MR) is 119 cm³/mol. The molecule has 5 atom stereocenters. The number of benzene rings is 1. The van der Waals surface area contributed by atoms with Crippen LogP contribution in [0.1, 0.15) is 36.2 Å². The number of hydrogen-bond donors (Lipinski definition) is 6. The lowest BCUT2D eigenvalue weighted by Crippen LogP contribution is -2.73. The van der Waals surface area contributed by atoms with Gasteiger partial charge in [-0.05, 0) is 17.9 Å². The Balaban J connectivity index is 1.44. The predicted octanol–water partition coefficient (Wildman–Crippen LogP) is -1.84. The Morgan fingerprint density at radius 1 is 1.38 bits per heavy atom. The number of nitrogens with one attached hydrogen (secondary N) is 2. The van der Waals surface area contributed by atoms with Crippen molar-refractivity contribution < 1.29 is 14.6 Å². The molecular formula is C21H30N8O3. The van der Waals surface area contributed by atoms with Gasteiger partial charge in [0, 0.05) is 18.7 Å². The van der Waals surface area contributed by atoms with Crippen LogP contribution in [-0.4, -0.2) is 77.4 Å². The minimum absolute atomic E-state index is 0.0889. The average Bonchev–Trinajstić information content (AvgIpc) is 3.24. The number of fused-ring (bicyclic) bond motifs is 1. The van der Waals surface area contributed by atoms with Crippen LogP contribution in [0.2, 0.25) is 0 Å². The molecule has 1 fully saturated rings. The quantitative estimate of drug-likeness (QED) is 0.316. The first-order valence-electron chi connectivity index (χ1n) is 10.9. The molecule has 0 bridgehead atoms. The standard InChI is InChI=1S/C21H30N8O3/c1-20(2)6-7-32-14-10(4-3-5-11(14)20)17(31)25-13-9-29-19(24)26-12(8-22)15-21(29,16(13)30)28-18(23)27-15/h3-5,12-13,15-16,30H,6-9,22H2,1-2H3,(H2,24,26)(H,25,31)(H3,23,27,28)/t12-,13+,15-,16+,21-/m0/s1. The van der Waals surface area contributed by atoms with Gasteiger partial charge in [-0.15, -0.1) is 0 Å². The smallest absolute Gasteiger partial charge is 0.255 e. The Morgan fingerprint density at radius 2 is 2.16 bits per heavy atom. The maximum absolute atomic E-state index is 13.3. The van der Waals surface area contributed by atoms with Gasteiger partial charge in [0.15, 0.2) is 17.6 Å². The molecule has 1 aromatic rings. The monoisotopic (exact) mass is 442 g/mol. The van der Waals surface area contributed by atoms with Gasteiger partial charge in [0.25, 0.3) is 5.91 Å². The van der Waals surface area contributed by atoms with E-state index in [4.69, 9.17) is 21.9 Å². The summed E-state index contributed by atoms with van der Waals surface area (Å²) in [6.45, 7) is 5.27. The van der Waals surface area contributed by atoms with E-state index < -0.39 is 29.9 Å². The van der Waals surface area contributed by atoms with E-state index in [1.165, 1.54) is 0 Å². The van der Waals surface area contributed by atoms with E-state index in [2.05, 4.69) is 34.5 Å². The molecule has 11 nitrogen and oxygen atoms in total. The van der Waals surface area contributed by atoms with Crippen LogP contribution in [0.25, 0.3) is 0 Å². The molecule has 0 unspecified atom stereocenters. The molecule has 11 heteroatoms. The van der Waals surface area contributed by atoms with E-state index in [0.717, 1.165) is 12.0 Å². The topological polar surface area (TPSA) is 177 Å². The first-order valence-corrected chi connectivity index (χ1v) is 10.9. The number of carbonyl (C=O) groups is 1. The third kappa shape index (κ3) is 2.77. The summed E-state index contributed by atoms with van der Waals surface area (Å²) in [7, 11) is 0. The maximum atomic E-state index is 13.3. The molecule has 0 radical (unpaired) electrons. The molecule has 172 valence electrons. The van der Waals surface area contributed by atoms with Crippen molar-refractivity contribution in [3.05, 3.63) is 29.3 Å². The number of amides is 1. The fourth-order valence-corrected chi connectivity index (χ4v) is 5.42. The van der Waals surface area contributed by atoms with Crippen molar-refractivity contribution in [2.75, 3.05) is 19.7 Å². The fraction of sp³-hybridized carbons (Fsp3) is 0.571. The highest BCUT2D eigenvalue weighted by Crippen LogP contribution is 2.42. The molecule has 4 heterocycles. The minimum Gasteiger partial charge on any atom is -0.492 e. The highest BCUT2D eigenvalue weighted by Gasteiger charge is 2.65. The summed E-state index contributed by atoms with van der Waals surface area (Å²) >= 11 is 0. The molecule has 0 aliphatic carbocycles. The molecule has 1 saturated heterocycles. The highest BCUT2D eigenvalue weighted by atomic mass is 16.5. The van der Waals surface area contributed by atoms with Crippen LogP contribution >= 0.6 is 0 Å². The number of aliphatic hydroxyl groups excluding tert-OH is 1. The number of aliphatic hydroxyl groups is 1. The third-order valence-electron chi connectivity index (χ3n) is 7.17. The lowest BCUT2D eigenvalue weighted by molar-refractivity contribution is 0.0150. The van der Waals surface area contributed by atoms with Crippen LogP contribution in [0.15, 0.2) is 28.2 Å². The van der Waals surface area contributed by atoms with Crippen LogP contribution in [0.5, 0.6) is 5.75 Å².